The van der Waals surface area contributed by atoms with Gasteiger partial charge in [-0.15, -0.1) is 21.5 Å². The molecule has 0 amide bonds. The quantitative estimate of drug-likeness (QED) is 0.442. The second-order valence-corrected chi connectivity index (χ2v) is 7.56. The molecule has 0 saturated heterocycles. The average Bonchev–Trinajstić information content (AvgIpc) is 3.46. The molecule has 0 bridgehead atoms. The summed E-state index contributed by atoms with van der Waals surface area (Å²) in [5.41, 5.74) is 4.21. The van der Waals surface area contributed by atoms with Crippen molar-refractivity contribution in [2.75, 3.05) is 11.4 Å². The number of aromatic carboxylic acids is 1. The number of aromatic amines is 1. The van der Waals surface area contributed by atoms with Crippen molar-refractivity contribution in [1.29, 1.82) is 0 Å². The van der Waals surface area contributed by atoms with Gasteiger partial charge in [0.25, 0.3) is 0 Å². The molecule has 4 rings (SSSR count). The molecule has 0 spiro atoms. The predicted octanol–water partition coefficient (Wildman–Crippen LogP) is 4.11. The molecule has 0 aliphatic heterocycles. The first kappa shape index (κ1) is 19.7. The number of carboxylic acids is 1. The molecule has 152 valence electrons. The van der Waals surface area contributed by atoms with E-state index in [2.05, 4.69) is 61.7 Å². The van der Waals surface area contributed by atoms with Gasteiger partial charge >= 0.3 is 5.97 Å². The molecule has 2 N–H and O–H groups in total. The lowest BCUT2D eigenvalue weighted by Crippen LogP contribution is -2.23. The van der Waals surface area contributed by atoms with E-state index in [0.29, 0.717) is 12.4 Å². The second-order valence-electron chi connectivity index (χ2n) is 6.72. The van der Waals surface area contributed by atoms with Gasteiger partial charge in [0.15, 0.2) is 10.8 Å². The lowest BCUT2D eigenvalue weighted by Gasteiger charge is -2.21. The lowest BCUT2D eigenvalue weighted by molar-refractivity contribution is 0.0691. The second kappa shape index (κ2) is 8.83. The summed E-state index contributed by atoms with van der Waals surface area (Å²) in [7, 11) is 0. The van der Waals surface area contributed by atoms with Crippen molar-refractivity contribution < 1.29 is 9.90 Å². The van der Waals surface area contributed by atoms with Crippen molar-refractivity contribution in [3.8, 4) is 22.5 Å². The molecule has 4 aromatic rings. The van der Waals surface area contributed by atoms with Crippen molar-refractivity contribution in [3.63, 3.8) is 0 Å². The number of benzene rings is 2. The Hall–Kier alpha value is -3.59. The van der Waals surface area contributed by atoms with Crippen molar-refractivity contribution in [1.82, 2.24) is 25.6 Å². The van der Waals surface area contributed by atoms with Crippen molar-refractivity contribution in [2.45, 2.75) is 19.9 Å². The predicted molar refractivity (Wildman–Crippen MR) is 115 cm³/mol. The minimum absolute atomic E-state index is 0.0875. The number of carbonyl (C=O) groups is 1. The zero-order valence-electron chi connectivity index (χ0n) is 16.3. The first-order valence-electron chi connectivity index (χ1n) is 9.51. The summed E-state index contributed by atoms with van der Waals surface area (Å²) >= 11 is 1.36. The molecule has 8 nitrogen and oxygen atoms in total. The first-order valence-corrected chi connectivity index (χ1v) is 10.4. The van der Waals surface area contributed by atoms with Gasteiger partial charge in [0.2, 0.25) is 5.82 Å². The maximum atomic E-state index is 11.1. The number of nitrogens with zero attached hydrogens (tertiary/aromatic N) is 5. The Labute approximate surface area is 177 Å². The molecule has 0 aliphatic rings. The highest BCUT2D eigenvalue weighted by atomic mass is 32.1. The number of hydrogen-bond donors (Lipinski definition) is 2. The van der Waals surface area contributed by atoms with Crippen LogP contribution in [0.25, 0.3) is 22.5 Å². The van der Waals surface area contributed by atoms with E-state index < -0.39 is 5.97 Å². The maximum Gasteiger partial charge on any atom is 0.355 e. The Kier molecular flexibility index (Phi) is 5.80. The van der Waals surface area contributed by atoms with E-state index in [9.17, 15) is 4.79 Å². The number of nitrogens with one attached hydrogen (secondary N) is 1. The minimum atomic E-state index is -1.00. The minimum Gasteiger partial charge on any atom is -0.476 e. The zero-order chi connectivity index (χ0) is 20.9. The van der Waals surface area contributed by atoms with Crippen LogP contribution in [0.15, 0.2) is 53.9 Å². The van der Waals surface area contributed by atoms with Gasteiger partial charge < -0.3 is 10.0 Å². The molecule has 0 radical (unpaired) electrons. The van der Waals surface area contributed by atoms with Crippen LogP contribution in [0.5, 0.6) is 0 Å². The van der Waals surface area contributed by atoms with Gasteiger partial charge in [-0.2, -0.15) is 5.21 Å². The van der Waals surface area contributed by atoms with E-state index >= 15 is 0 Å². The summed E-state index contributed by atoms with van der Waals surface area (Å²) in [5.74, 6) is -0.444. The molecular formula is C21H20N6O2S. The van der Waals surface area contributed by atoms with Crippen LogP contribution in [0.4, 0.5) is 5.13 Å². The highest BCUT2D eigenvalue weighted by Crippen LogP contribution is 2.30. The normalized spacial score (nSPS) is 10.8. The van der Waals surface area contributed by atoms with Crippen LogP contribution in [0.2, 0.25) is 0 Å². The molecule has 2 aromatic carbocycles. The number of hydrogen-bond acceptors (Lipinski definition) is 7. The topological polar surface area (TPSA) is 108 Å². The number of H-pyrrole nitrogens is 1. The molecule has 0 atom stereocenters. The summed E-state index contributed by atoms with van der Waals surface area (Å²) in [5, 5.41) is 25.8. The van der Waals surface area contributed by atoms with Crippen molar-refractivity contribution in [3.05, 3.63) is 65.2 Å². The van der Waals surface area contributed by atoms with Gasteiger partial charge in [0.1, 0.15) is 0 Å². The molecule has 9 heteroatoms. The molecule has 2 heterocycles. The summed E-state index contributed by atoms with van der Waals surface area (Å²) < 4.78 is 0. The molecular weight excluding hydrogens is 400 g/mol. The van der Waals surface area contributed by atoms with E-state index in [0.717, 1.165) is 40.4 Å². The molecule has 0 unspecified atom stereocenters. The summed E-state index contributed by atoms with van der Waals surface area (Å²) in [6, 6.07) is 16.2. The van der Waals surface area contributed by atoms with Crippen LogP contribution in [0, 0.1) is 0 Å². The van der Waals surface area contributed by atoms with Gasteiger partial charge in [0, 0.05) is 24.0 Å². The zero-order valence-corrected chi connectivity index (χ0v) is 17.1. The van der Waals surface area contributed by atoms with Gasteiger partial charge in [-0.3, -0.25) is 0 Å². The Morgan fingerprint density at radius 3 is 2.53 bits per heavy atom. The summed E-state index contributed by atoms with van der Waals surface area (Å²) in [6.07, 6.45) is 0.943. The van der Waals surface area contributed by atoms with Gasteiger partial charge in [-0.05, 0) is 28.3 Å². The highest BCUT2D eigenvalue weighted by molar-refractivity contribution is 7.13. The number of tetrazole rings is 1. The summed E-state index contributed by atoms with van der Waals surface area (Å²) in [4.78, 5) is 17.5. The third-order valence-corrected chi connectivity index (χ3v) is 5.53. The van der Waals surface area contributed by atoms with E-state index in [-0.39, 0.29) is 5.69 Å². The molecule has 30 heavy (non-hydrogen) atoms. The van der Waals surface area contributed by atoms with Gasteiger partial charge in [-0.1, -0.05) is 55.5 Å². The lowest BCUT2D eigenvalue weighted by atomic mass is 9.98. The third-order valence-electron chi connectivity index (χ3n) is 4.63. The first-order chi connectivity index (χ1) is 14.7. The van der Waals surface area contributed by atoms with Crippen molar-refractivity contribution in [2.24, 2.45) is 0 Å². The van der Waals surface area contributed by atoms with Crippen LogP contribution in [0.1, 0.15) is 29.4 Å². The molecule has 0 saturated carbocycles. The number of thiazole rings is 1. The fourth-order valence-electron chi connectivity index (χ4n) is 3.24. The van der Waals surface area contributed by atoms with E-state index in [1.807, 2.05) is 24.3 Å². The van der Waals surface area contributed by atoms with Crippen LogP contribution in [-0.4, -0.2) is 43.2 Å². The Morgan fingerprint density at radius 2 is 1.90 bits per heavy atom. The summed E-state index contributed by atoms with van der Waals surface area (Å²) in [6.45, 7) is 3.55. The van der Waals surface area contributed by atoms with Crippen molar-refractivity contribution >= 4 is 22.4 Å². The van der Waals surface area contributed by atoms with Crippen LogP contribution < -0.4 is 4.90 Å². The monoisotopic (exact) mass is 420 g/mol. The van der Waals surface area contributed by atoms with E-state index in [4.69, 9.17) is 5.11 Å². The Morgan fingerprint density at radius 1 is 1.13 bits per heavy atom. The number of carboxylic acid groups (broad SMARTS) is 1. The molecule has 0 aliphatic carbocycles. The standard InChI is InChI=1S/C21H20N6O2S/c1-2-11-27(21-22-18(13-30-21)20(28)29)12-14-7-9-15(10-8-14)16-5-3-4-6-17(16)19-23-25-26-24-19/h3-10,13H,2,11-12H2,1H3,(H,28,29)(H,23,24,25,26). The smallest absolute Gasteiger partial charge is 0.355 e. The van der Waals surface area contributed by atoms with Gasteiger partial charge in [-0.25, -0.2) is 9.78 Å². The Bertz CT molecular complexity index is 1120. The maximum absolute atomic E-state index is 11.1. The highest BCUT2D eigenvalue weighted by Gasteiger charge is 2.15. The van der Waals surface area contributed by atoms with Crippen LogP contribution in [0.3, 0.4) is 0 Å². The largest absolute Gasteiger partial charge is 0.476 e. The SMILES string of the molecule is CCCN(Cc1ccc(-c2ccccc2-c2nn[nH]n2)cc1)c1nc(C(=O)O)cs1. The molecule has 2 aromatic heterocycles. The van der Waals surface area contributed by atoms with E-state index in [1.165, 1.54) is 11.3 Å². The fourth-order valence-corrected chi connectivity index (χ4v) is 4.06. The Balaban J connectivity index is 1.57. The molecule has 0 fully saturated rings. The third kappa shape index (κ3) is 4.20. The van der Waals surface area contributed by atoms with Crippen LogP contribution >= 0.6 is 11.3 Å². The fraction of sp³-hybridized carbons (Fsp3) is 0.190. The van der Waals surface area contributed by atoms with E-state index in [1.54, 1.807) is 5.38 Å². The van der Waals surface area contributed by atoms with Gasteiger partial charge in [0.05, 0.1) is 0 Å². The average molecular weight is 420 g/mol. The number of anilines is 1. The number of rotatable bonds is 8. The number of aromatic nitrogens is 5. The van der Waals surface area contributed by atoms with Crippen LogP contribution in [-0.2, 0) is 6.54 Å².